The molecule has 3 amide bonds. The van der Waals surface area contributed by atoms with Gasteiger partial charge in [0.25, 0.3) is 5.91 Å². The molecule has 0 saturated carbocycles. The number of fused-ring (bicyclic) bond motifs is 1. The SMILES string of the molecule is Cc1cccc(NC(=O)[C@@H]2CC=CCN2C(=O)Cn2cc(C(N)=O)c3cc(Nc4cccnn4)ccc32)n1. The van der Waals surface area contributed by atoms with Crippen molar-refractivity contribution in [2.24, 2.45) is 5.73 Å². The molecule has 1 aliphatic heterocycles. The average Bonchev–Trinajstić information content (AvgIpc) is 3.27. The van der Waals surface area contributed by atoms with Crippen molar-refractivity contribution in [3.63, 3.8) is 0 Å². The lowest BCUT2D eigenvalue weighted by molar-refractivity contribution is -0.138. The zero-order valence-corrected chi connectivity index (χ0v) is 20.7. The monoisotopic (exact) mass is 510 g/mol. The van der Waals surface area contributed by atoms with Crippen LogP contribution in [0.5, 0.6) is 0 Å². The number of benzene rings is 1. The van der Waals surface area contributed by atoms with Gasteiger partial charge in [-0.05, 0) is 55.8 Å². The van der Waals surface area contributed by atoms with Crippen molar-refractivity contribution >= 4 is 45.9 Å². The zero-order valence-electron chi connectivity index (χ0n) is 20.7. The largest absolute Gasteiger partial charge is 0.366 e. The van der Waals surface area contributed by atoms with Gasteiger partial charge >= 0.3 is 0 Å². The first-order chi connectivity index (χ1) is 18.4. The summed E-state index contributed by atoms with van der Waals surface area (Å²) in [5.74, 6) is -0.200. The van der Waals surface area contributed by atoms with Crippen LogP contribution in [0.25, 0.3) is 10.9 Å². The van der Waals surface area contributed by atoms with Crippen LogP contribution in [0, 0.1) is 6.92 Å². The van der Waals surface area contributed by atoms with Crippen LogP contribution in [0.15, 0.2) is 73.1 Å². The summed E-state index contributed by atoms with van der Waals surface area (Å²) in [4.78, 5) is 44.6. The van der Waals surface area contributed by atoms with Crippen LogP contribution in [0.3, 0.4) is 0 Å². The van der Waals surface area contributed by atoms with Crippen molar-refractivity contribution in [2.75, 3.05) is 17.2 Å². The van der Waals surface area contributed by atoms with E-state index < -0.39 is 11.9 Å². The number of carbonyl (C=O) groups excluding carboxylic acids is 3. The van der Waals surface area contributed by atoms with E-state index in [4.69, 9.17) is 5.73 Å². The van der Waals surface area contributed by atoms with E-state index in [0.717, 1.165) is 5.69 Å². The zero-order chi connectivity index (χ0) is 26.6. The van der Waals surface area contributed by atoms with E-state index in [-0.39, 0.29) is 23.9 Å². The van der Waals surface area contributed by atoms with Crippen LogP contribution >= 0.6 is 0 Å². The van der Waals surface area contributed by atoms with Crippen LogP contribution in [0.1, 0.15) is 22.5 Å². The first kappa shape index (κ1) is 24.6. The smallest absolute Gasteiger partial charge is 0.250 e. The molecule has 11 heteroatoms. The third kappa shape index (κ3) is 5.21. The van der Waals surface area contributed by atoms with Crippen molar-refractivity contribution in [1.29, 1.82) is 0 Å². The molecule has 1 aromatic carbocycles. The van der Waals surface area contributed by atoms with Crippen LogP contribution in [0.2, 0.25) is 0 Å². The lowest BCUT2D eigenvalue weighted by Gasteiger charge is -2.32. The quantitative estimate of drug-likeness (QED) is 0.324. The van der Waals surface area contributed by atoms with Crippen LogP contribution in [0.4, 0.5) is 17.3 Å². The Morgan fingerprint density at radius 1 is 1.08 bits per heavy atom. The molecule has 38 heavy (non-hydrogen) atoms. The second kappa shape index (κ2) is 10.5. The highest BCUT2D eigenvalue weighted by Crippen LogP contribution is 2.27. The predicted molar refractivity (Wildman–Crippen MR) is 143 cm³/mol. The second-order valence-electron chi connectivity index (χ2n) is 8.92. The number of nitrogens with two attached hydrogens (primary N) is 1. The minimum atomic E-state index is -0.685. The Kier molecular flexibility index (Phi) is 6.81. The molecule has 5 rings (SSSR count). The number of primary amides is 1. The summed E-state index contributed by atoms with van der Waals surface area (Å²) in [6.45, 7) is 2.07. The van der Waals surface area contributed by atoms with Crippen molar-refractivity contribution in [3.05, 3.63) is 84.3 Å². The molecule has 192 valence electrons. The Hall–Kier alpha value is -5.06. The minimum absolute atomic E-state index is 0.0684. The topological polar surface area (TPSA) is 148 Å². The van der Waals surface area contributed by atoms with E-state index in [2.05, 4.69) is 25.8 Å². The summed E-state index contributed by atoms with van der Waals surface area (Å²) in [7, 11) is 0. The van der Waals surface area contributed by atoms with Crippen LogP contribution in [-0.2, 0) is 16.1 Å². The van der Waals surface area contributed by atoms with Gasteiger partial charge in [0.1, 0.15) is 18.4 Å². The first-order valence-corrected chi connectivity index (χ1v) is 12.1. The Labute approximate surface area is 218 Å². The van der Waals surface area contributed by atoms with Gasteiger partial charge in [0.15, 0.2) is 5.82 Å². The highest BCUT2D eigenvalue weighted by Gasteiger charge is 2.31. The van der Waals surface area contributed by atoms with Gasteiger partial charge in [0, 0.05) is 41.2 Å². The number of rotatable bonds is 7. The van der Waals surface area contributed by atoms with Crippen molar-refractivity contribution in [1.82, 2.24) is 24.6 Å². The number of nitrogens with zero attached hydrogens (tertiary/aromatic N) is 5. The van der Waals surface area contributed by atoms with E-state index in [1.807, 2.05) is 37.3 Å². The fourth-order valence-corrected chi connectivity index (χ4v) is 4.47. The maximum Gasteiger partial charge on any atom is 0.250 e. The number of hydrogen-bond donors (Lipinski definition) is 3. The highest BCUT2D eigenvalue weighted by molar-refractivity contribution is 6.07. The molecule has 0 unspecified atom stereocenters. The standard InChI is InChI=1S/C27H26N8O3/c1-17-6-4-8-23(30-17)32-27(38)22-7-2-3-13-35(22)25(36)16-34-15-20(26(28)37)19-14-18(10-11-21(19)34)31-24-9-5-12-29-33-24/h2-6,8-12,14-15,22H,7,13,16H2,1H3,(H2,28,37)(H,31,33)(H,30,32,38)/t22-/m0/s1. The Morgan fingerprint density at radius 2 is 1.92 bits per heavy atom. The Bertz CT molecular complexity index is 1550. The third-order valence-corrected chi connectivity index (χ3v) is 6.26. The number of nitrogens with one attached hydrogen (secondary N) is 2. The second-order valence-corrected chi connectivity index (χ2v) is 8.92. The van der Waals surface area contributed by atoms with Gasteiger partial charge in [-0.1, -0.05) is 18.2 Å². The third-order valence-electron chi connectivity index (χ3n) is 6.26. The van der Waals surface area contributed by atoms with Gasteiger partial charge in [-0.15, -0.1) is 5.10 Å². The maximum atomic E-state index is 13.5. The molecule has 0 aliphatic carbocycles. The van der Waals surface area contributed by atoms with Crippen molar-refractivity contribution in [3.8, 4) is 0 Å². The number of hydrogen-bond acceptors (Lipinski definition) is 7. The molecule has 4 N–H and O–H groups in total. The van der Waals surface area contributed by atoms with Gasteiger partial charge in [0.2, 0.25) is 11.8 Å². The molecule has 3 aromatic heterocycles. The Balaban J connectivity index is 1.38. The van der Waals surface area contributed by atoms with E-state index in [1.54, 1.807) is 47.3 Å². The Morgan fingerprint density at radius 3 is 2.68 bits per heavy atom. The van der Waals surface area contributed by atoms with E-state index in [9.17, 15) is 14.4 Å². The summed E-state index contributed by atoms with van der Waals surface area (Å²) >= 11 is 0. The van der Waals surface area contributed by atoms with Crippen molar-refractivity contribution in [2.45, 2.75) is 25.9 Å². The number of pyridine rings is 1. The predicted octanol–water partition coefficient (Wildman–Crippen LogP) is 2.77. The lowest BCUT2D eigenvalue weighted by Crippen LogP contribution is -2.49. The fraction of sp³-hybridized carbons (Fsp3) is 0.185. The molecular formula is C27H26N8O3. The van der Waals surface area contributed by atoms with Crippen molar-refractivity contribution < 1.29 is 14.4 Å². The van der Waals surface area contributed by atoms with E-state index >= 15 is 0 Å². The van der Waals surface area contributed by atoms with Crippen LogP contribution < -0.4 is 16.4 Å². The highest BCUT2D eigenvalue weighted by atomic mass is 16.2. The normalized spacial score (nSPS) is 14.9. The fourth-order valence-electron chi connectivity index (χ4n) is 4.47. The number of carbonyl (C=O) groups is 3. The molecule has 4 aromatic rings. The number of amides is 3. The lowest BCUT2D eigenvalue weighted by atomic mass is 10.1. The molecule has 0 bridgehead atoms. The summed E-state index contributed by atoms with van der Waals surface area (Å²) in [5, 5.41) is 14.4. The molecule has 11 nitrogen and oxygen atoms in total. The molecule has 4 heterocycles. The molecule has 1 atom stereocenters. The van der Waals surface area contributed by atoms with Gasteiger partial charge in [-0.25, -0.2) is 4.98 Å². The summed E-state index contributed by atoms with van der Waals surface area (Å²) in [6.07, 6.45) is 7.28. The number of anilines is 3. The van der Waals surface area contributed by atoms with Crippen LogP contribution in [-0.4, -0.2) is 55.0 Å². The van der Waals surface area contributed by atoms with Gasteiger partial charge in [-0.3, -0.25) is 14.4 Å². The van der Waals surface area contributed by atoms with E-state index in [1.165, 1.54) is 4.90 Å². The molecule has 0 fully saturated rings. The van der Waals surface area contributed by atoms with Gasteiger partial charge in [0.05, 0.1) is 5.56 Å². The average molecular weight is 511 g/mol. The molecule has 0 spiro atoms. The number of aryl methyl sites for hydroxylation is 1. The van der Waals surface area contributed by atoms with E-state index in [0.29, 0.717) is 41.2 Å². The minimum Gasteiger partial charge on any atom is -0.366 e. The molecule has 1 aliphatic rings. The molecule has 0 saturated heterocycles. The maximum absolute atomic E-state index is 13.5. The van der Waals surface area contributed by atoms with Gasteiger partial charge < -0.3 is 25.8 Å². The summed E-state index contributed by atoms with van der Waals surface area (Å²) < 4.78 is 1.68. The number of aromatic nitrogens is 4. The van der Waals surface area contributed by atoms with Gasteiger partial charge in [-0.2, -0.15) is 5.10 Å². The summed E-state index contributed by atoms with van der Waals surface area (Å²) in [6, 6.07) is 13.6. The molecular weight excluding hydrogens is 484 g/mol. The molecule has 0 radical (unpaired) electrons. The summed E-state index contributed by atoms with van der Waals surface area (Å²) in [5.41, 5.74) is 8.07. The first-order valence-electron chi connectivity index (χ1n) is 12.1.